The smallest absolute Gasteiger partial charge is 0.422 e. The maximum absolute atomic E-state index is 13.5. The molecule has 0 aliphatic carbocycles. The van der Waals surface area contributed by atoms with Crippen LogP contribution in [0.5, 0.6) is 11.5 Å². The molecule has 2 rings (SSSR count). The summed E-state index contributed by atoms with van der Waals surface area (Å²) in [5.41, 5.74) is 0.487. The highest BCUT2D eigenvalue weighted by atomic mass is 19.4. The van der Waals surface area contributed by atoms with Crippen LogP contribution in [-0.2, 0) is 6.54 Å². The van der Waals surface area contributed by atoms with Crippen LogP contribution in [0.4, 0.5) is 28.0 Å². The van der Waals surface area contributed by atoms with Crippen LogP contribution in [0.25, 0.3) is 0 Å². The molecule has 0 spiro atoms. The van der Waals surface area contributed by atoms with Crippen LogP contribution in [0, 0.1) is 5.82 Å². The molecule has 2 aromatic rings. The van der Waals surface area contributed by atoms with E-state index in [2.05, 4.69) is 15.4 Å². The first-order chi connectivity index (χ1) is 12.3. The molecule has 5 nitrogen and oxygen atoms in total. The fraction of sp³-hybridized carbons (Fsp3) is 0.235. The lowest BCUT2D eigenvalue weighted by Gasteiger charge is -2.14. The third-order valence-corrected chi connectivity index (χ3v) is 3.21. The summed E-state index contributed by atoms with van der Waals surface area (Å²) in [6.45, 7) is -1.54. The second-order valence-electron chi connectivity index (χ2n) is 5.17. The second-order valence-corrected chi connectivity index (χ2v) is 5.17. The number of hydrogen-bond acceptors (Lipinski definition) is 3. The average Bonchev–Trinajstić information content (AvgIpc) is 2.59. The summed E-state index contributed by atoms with van der Waals surface area (Å²) in [5.74, 6) is -0.539. The summed E-state index contributed by atoms with van der Waals surface area (Å²) < 4.78 is 60.0. The van der Waals surface area contributed by atoms with Crippen LogP contribution in [-0.4, -0.2) is 25.9 Å². The molecule has 0 radical (unpaired) electrons. The van der Waals surface area contributed by atoms with Crippen molar-refractivity contribution in [1.82, 2.24) is 5.32 Å². The van der Waals surface area contributed by atoms with Gasteiger partial charge in [-0.1, -0.05) is 18.2 Å². The molecule has 0 unspecified atom stereocenters. The van der Waals surface area contributed by atoms with Gasteiger partial charge in [-0.2, -0.15) is 13.2 Å². The summed E-state index contributed by atoms with van der Waals surface area (Å²) in [6, 6.07) is 9.28. The molecule has 26 heavy (non-hydrogen) atoms. The SMILES string of the molecule is COc1ccc(NC(=O)NCc2ccccc2F)cc1OCC(F)(F)F. The molecule has 0 aromatic heterocycles. The highest BCUT2D eigenvalue weighted by Gasteiger charge is 2.29. The topological polar surface area (TPSA) is 59.6 Å². The zero-order valence-corrected chi connectivity index (χ0v) is 13.7. The van der Waals surface area contributed by atoms with Crippen LogP contribution in [0.15, 0.2) is 42.5 Å². The van der Waals surface area contributed by atoms with Gasteiger partial charge in [0.2, 0.25) is 0 Å². The molecule has 2 N–H and O–H groups in total. The number of rotatable bonds is 6. The predicted octanol–water partition coefficient (Wildman–Crippen LogP) is 4.10. The first-order valence-corrected chi connectivity index (χ1v) is 7.44. The Hall–Kier alpha value is -2.97. The molecule has 0 aliphatic heterocycles. The lowest BCUT2D eigenvalue weighted by molar-refractivity contribution is -0.153. The Balaban J connectivity index is 1.99. The highest BCUT2D eigenvalue weighted by molar-refractivity contribution is 5.89. The molecular formula is C17H16F4N2O3. The number of anilines is 1. The number of carbonyl (C=O) groups is 1. The second kappa shape index (κ2) is 8.41. The number of ether oxygens (including phenoxy) is 2. The van der Waals surface area contributed by atoms with E-state index >= 15 is 0 Å². The Morgan fingerprint density at radius 1 is 1.12 bits per heavy atom. The van der Waals surface area contributed by atoms with Gasteiger partial charge in [-0.25, -0.2) is 9.18 Å². The predicted molar refractivity (Wildman–Crippen MR) is 86.8 cm³/mol. The van der Waals surface area contributed by atoms with Crippen molar-refractivity contribution in [3.63, 3.8) is 0 Å². The maximum atomic E-state index is 13.5. The molecule has 0 saturated heterocycles. The summed E-state index contributed by atoms with van der Waals surface area (Å²) in [4.78, 5) is 11.9. The van der Waals surface area contributed by atoms with Crippen molar-refractivity contribution in [2.45, 2.75) is 12.7 Å². The fourth-order valence-electron chi connectivity index (χ4n) is 2.02. The van der Waals surface area contributed by atoms with E-state index in [1.807, 2.05) is 0 Å². The molecule has 0 bridgehead atoms. The number of amides is 2. The summed E-state index contributed by atoms with van der Waals surface area (Å²) in [6.07, 6.45) is -4.51. The van der Waals surface area contributed by atoms with E-state index in [1.54, 1.807) is 6.07 Å². The number of hydrogen-bond donors (Lipinski definition) is 2. The van der Waals surface area contributed by atoms with Crippen LogP contribution in [0.2, 0.25) is 0 Å². The Labute approximate surface area is 146 Å². The molecule has 0 fully saturated rings. The maximum Gasteiger partial charge on any atom is 0.422 e. The van der Waals surface area contributed by atoms with Gasteiger partial charge in [0, 0.05) is 23.9 Å². The normalized spacial score (nSPS) is 11.0. The van der Waals surface area contributed by atoms with Crippen molar-refractivity contribution in [2.75, 3.05) is 19.0 Å². The number of carbonyl (C=O) groups excluding carboxylic acids is 1. The zero-order valence-electron chi connectivity index (χ0n) is 13.7. The lowest BCUT2D eigenvalue weighted by atomic mass is 10.2. The third-order valence-electron chi connectivity index (χ3n) is 3.21. The van der Waals surface area contributed by atoms with Gasteiger partial charge in [-0.15, -0.1) is 0 Å². The van der Waals surface area contributed by atoms with Gasteiger partial charge in [0.05, 0.1) is 7.11 Å². The van der Waals surface area contributed by atoms with Crippen molar-refractivity contribution in [2.24, 2.45) is 0 Å². The Bertz CT molecular complexity index is 766. The highest BCUT2D eigenvalue weighted by Crippen LogP contribution is 2.31. The quantitative estimate of drug-likeness (QED) is 0.751. The number of nitrogens with one attached hydrogen (secondary N) is 2. The van der Waals surface area contributed by atoms with E-state index in [4.69, 9.17) is 4.74 Å². The van der Waals surface area contributed by atoms with E-state index < -0.39 is 24.6 Å². The van der Waals surface area contributed by atoms with Crippen molar-refractivity contribution >= 4 is 11.7 Å². The van der Waals surface area contributed by atoms with Crippen molar-refractivity contribution in [3.8, 4) is 11.5 Å². The first-order valence-electron chi connectivity index (χ1n) is 7.44. The lowest BCUT2D eigenvalue weighted by Crippen LogP contribution is -2.28. The van der Waals surface area contributed by atoms with Crippen LogP contribution >= 0.6 is 0 Å². The summed E-state index contributed by atoms with van der Waals surface area (Å²) in [7, 11) is 1.28. The third kappa shape index (κ3) is 5.83. The Morgan fingerprint density at radius 3 is 2.50 bits per heavy atom. The standard InChI is InChI=1S/C17H16F4N2O3/c1-25-14-7-6-12(8-15(14)26-10-17(19,20)21)23-16(24)22-9-11-4-2-3-5-13(11)18/h2-8H,9-10H2,1H3,(H2,22,23,24). The largest absolute Gasteiger partial charge is 0.493 e. The Morgan fingerprint density at radius 2 is 1.85 bits per heavy atom. The van der Waals surface area contributed by atoms with Gasteiger partial charge >= 0.3 is 12.2 Å². The minimum Gasteiger partial charge on any atom is -0.493 e. The molecule has 0 aliphatic rings. The van der Waals surface area contributed by atoms with E-state index in [0.717, 1.165) is 0 Å². The zero-order chi connectivity index (χ0) is 19.2. The van der Waals surface area contributed by atoms with Gasteiger partial charge < -0.3 is 20.1 Å². The Kier molecular flexibility index (Phi) is 6.26. The minimum absolute atomic E-state index is 0.0495. The molecule has 2 aromatic carbocycles. The number of alkyl halides is 3. The first kappa shape index (κ1) is 19.4. The summed E-state index contributed by atoms with van der Waals surface area (Å²) >= 11 is 0. The van der Waals surface area contributed by atoms with E-state index in [1.165, 1.54) is 43.5 Å². The molecule has 0 atom stereocenters. The molecular weight excluding hydrogens is 356 g/mol. The van der Waals surface area contributed by atoms with E-state index in [-0.39, 0.29) is 23.7 Å². The van der Waals surface area contributed by atoms with E-state index in [9.17, 15) is 22.4 Å². The van der Waals surface area contributed by atoms with Crippen LogP contribution in [0.1, 0.15) is 5.56 Å². The van der Waals surface area contributed by atoms with Gasteiger partial charge in [0.1, 0.15) is 5.82 Å². The minimum atomic E-state index is -4.51. The monoisotopic (exact) mass is 372 g/mol. The van der Waals surface area contributed by atoms with Gasteiger partial charge in [0.25, 0.3) is 0 Å². The molecule has 0 saturated carbocycles. The van der Waals surface area contributed by atoms with Crippen molar-refractivity contribution < 1.29 is 31.8 Å². The van der Waals surface area contributed by atoms with Crippen molar-refractivity contribution in [1.29, 1.82) is 0 Å². The summed E-state index contributed by atoms with van der Waals surface area (Å²) in [5, 5.41) is 4.88. The molecule has 0 heterocycles. The average molecular weight is 372 g/mol. The number of urea groups is 1. The van der Waals surface area contributed by atoms with Crippen LogP contribution in [0.3, 0.4) is 0 Å². The number of methoxy groups -OCH3 is 1. The van der Waals surface area contributed by atoms with E-state index in [0.29, 0.717) is 5.56 Å². The number of halogens is 4. The molecule has 9 heteroatoms. The van der Waals surface area contributed by atoms with Crippen molar-refractivity contribution in [3.05, 3.63) is 53.8 Å². The molecule has 2 amide bonds. The molecule has 140 valence electrons. The van der Waals surface area contributed by atoms with Gasteiger partial charge in [0.15, 0.2) is 18.1 Å². The van der Waals surface area contributed by atoms with Gasteiger partial charge in [-0.05, 0) is 18.2 Å². The van der Waals surface area contributed by atoms with Crippen LogP contribution < -0.4 is 20.1 Å². The number of benzene rings is 2. The fourth-order valence-corrected chi connectivity index (χ4v) is 2.02. The van der Waals surface area contributed by atoms with Gasteiger partial charge in [-0.3, -0.25) is 0 Å².